The predicted octanol–water partition coefficient (Wildman–Crippen LogP) is 3.66. The molecule has 1 atom stereocenters. The number of para-hydroxylation sites is 1. The van der Waals surface area contributed by atoms with E-state index >= 15 is 0 Å². The number of ether oxygens (including phenoxy) is 1. The van der Waals surface area contributed by atoms with Crippen LogP contribution in [0, 0.1) is 5.92 Å². The number of benzene rings is 1. The first kappa shape index (κ1) is 11.6. The summed E-state index contributed by atoms with van der Waals surface area (Å²) in [5.74, 6) is 1.68. The highest BCUT2D eigenvalue weighted by molar-refractivity contribution is 9.09. The normalized spacial score (nSPS) is 12.5. The van der Waals surface area contributed by atoms with Gasteiger partial charge in [-0.3, -0.25) is 0 Å². The highest BCUT2D eigenvalue weighted by Gasteiger charge is 2.06. The lowest BCUT2D eigenvalue weighted by molar-refractivity contribution is 0.335. The molecule has 0 aliphatic carbocycles. The third-order valence-electron chi connectivity index (χ3n) is 2.10. The van der Waals surface area contributed by atoms with Gasteiger partial charge in [0.15, 0.2) is 0 Å². The van der Waals surface area contributed by atoms with Crippen LogP contribution < -0.4 is 4.74 Å². The zero-order valence-corrected chi connectivity index (χ0v) is 10.4. The van der Waals surface area contributed by atoms with Crippen LogP contribution >= 0.6 is 15.9 Å². The molecule has 1 aromatic rings. The summed E-state index contributed by atoms with van der Waals surface area (Å²) >= 11 is 3.49. The second-order valence-corrected chi connectivity index (χ2v) is 4.15. The molecule has 1 rings (SSSR count). The van der Waals surface area contributed by atoms with E-state index in [0.717, 1.165) is 24.1 Å². The number of alkyl halides is 1. The Labute approximate surface area is 94.6 Å². The molecule has 1 nitrogen and oxygen atoms in total. The molecule has 0 bridgehead atoms. The summed E-state index contributed by atoms with van der Waals surface area (Å²) in [6, 6.07) is 8.27. The van der Waals surface area contributed by atoms with Gasteiger partial charge >= 0.3 is 0 Å². The van der Waals surface area contributed by atoms with E-state index in [-0.39, 0.29) is 0 Å². The Morgan fingerprint density at radius 1 is 1.36 bits per heavy atom. The van der Waals surface area contributed by atoms with Crippen molar-refractivity contribution in [1.82, 2.24) is 0 Å². The Balaban J connectivity index is 2.73. The van der Waals surface area contributed by atoms with Gasteiger partial charge < -0.3 is 4.74 Å². The van der Waals surface area contributed by atoms with E-state index < -0.39 is 0 Å². The standard InChI is InChI=1S/C12H17BrO/c1-3-14-12-7-5-4-6-11(12)8-10(2)9-13/h4-7,10H,3,8-9H2,1-2H3. The first-order valence-electron chi connectivity index (χ1n) is 5.04. The fourth-order valence-electron chi connectivity index (χ4n) is 1.40. The molecule has 0 N–H and O–H groups in total. The quantitative estimate of drug-likeness (QED) is 0.731. The van der Waals surface area contributed by atoms with Crippen molar-refractivity contribution in [2.24, 2.45) is 5.92 Å². The van der Waals surface area contributed by atoms with Crippen LogP contribution in [0.1, 0.15) is 19.4 Å². The highest BCUT2D eigenvalue weighted by atomic mass is 79.9. The number of halogens is 1. The third kappa shape index (κ3) is 3.33. The largest absolute Gasteiger partial charge is 0.494 e. The van der Waals surface area contributed by atoms with Crippen LogP contribution in [-0.4, -0.2) is 11.9 Å². The Hall–Kier alpha value is -0.500. The van der Waals surface area contributed by atoms with E-state index in [9.17, 15) is 0 Å². The maximum atomic E-state index is 5.57. The van der Waals surface area contributed by atoms with Crippen LogP contribution in [0.25, 0.3) is 0 Å². The van der Waals surface area contributed by atoms with Crippen molar-refractivity contribution in [3.63, 3.8) is 0 Å². The fourth-order valence-corrected chi connectivity index (χ4v) is 1.63. The molecule has 14 heavy (non-hydrogen) atoms. The van der Waals surface area contributed by atoms with Gasteiger partial charge in [0.1, 0.15) is 5.75 Å². The minimum atomic E-state index is 0.650. The molecule has 0 saturated heterocycles. The summed E-state index contributed by atoms with van der Waals surface area (Å²) in [6.07, 6.45) is 1.07. The van der Waals surface area contributed by atoms with Crippen molar-refractivity contribution < 1.29 is 4.74 Å². The van der Waals surface area contributed by atoms with Crippen LogP contribution in [0.15, 0.2) is 24.3 Å². The lowest BCUT2D eigenvalue weighted by Gasteiger charge is -2.12. The molecule has 0 aromatic heterocycles. The molecule has 0 spiro atoms. The monoisotopic (exact) mass is 256 g/mol. The fraction of sp³-hybridized carbons (Fsp3) is 0.500. The minimum Gasteiger partial charge on any atom is -0.494 e. The zero-order valence-electron chi connectivity index (χ0n) is 8.79. The van der Waals surface area contributed by atoms with Crippen molar-refractivity contribution >= 4 is 15.9 Å². The molecule has 0 aliphatic heterocycles. The molecule has 0 heterocycles. The third-order valence-corrected chi connectivity index (χ3v) is 3.21. The lowest BCUT2D eigenvalue weighted by Crippen LogP contribution is -2.03. The Kier molecular flexibility index (Phi) is 5.02. The van der Waals surface area contributed by atoms with E-state index in [2.05, 4.69) is 35.0 Å². The van der Waals surface area contributed by atoms with Gasteiger partial charge in [-0.2, -0.15) is 0 Å². The second-order valence-electron chi connectivity index (χ2n) is 3.50. The van der Waals surface area contributed by atoms with Crippen molar-refractivity contribution in [2.75, 3.05) is 11.9 Å². The van der Waals surface area contributed by atoms with E-state index in [1.165, 1.54) is 5.56 Å². The molecule has 0 radical (unpaired) electrons. The van der Waals surface area contributed by atoms with Crippen molar-refractivity contribution in [3.8, 4) is 5.75 Å². The smallest absolute Gasteiger partial charge is 0.122 e. The summed E-state index contributed by atoms with van der Waals surface area (Å²) in [5, 5.41) is 1.04. The first-order valence-corrected chi connectivity index (χ1v) is 6.16. The summed E-state index contributed by atoms with van der Waals surface area (Å²) in [5.41, 5.74) is 1.31. The molecule has 1 unspecified atom stereocenters. The molecular weight excluding hydrogens is 240 g/mol. The van der Waals surface area contributed by atoms with Crippen molar-refractivity contribution in [1.29, 1.82) is 0 Å². The molecule has 78 valence electrons. The summed E-state index contributed by atoms with van der Waals surface area (Å²) in [6.45, 7) is 4.99. The predicted molar refractivity (Wildman–Crippen MR) is 64.3 cm³/mol. The van der Waals surface area contributed by atoms with Crippen molar-refractivity contribution in [2.45, 2.75) is 20.3 Å². The molecule has 0 saturated carbocycles. The van der Waals surface area contributed by atoms with Crippen LogP contribution in [0.5, 0.6) is 5.75 Å². The summed E-state index contributed by atoms with van der Waals surface area (Å²) in [7, 11) is 0. The van der Waals surface area contributed by atoms with E-state index in [1.54, 1.807) is 0 Å². The highest BCUT2D eigenvalue weighted by Crippen LogP contribution is 2.21. The minimum absolute atomic E-state index is 0.650. The maximum absolute atomic E-state index is 5.57. The number of hydrogen-bond donors (Lipinski definition) is 0. The lowest BCUT2D eigenvalue weighted by atomic mass is 10.0. The van der Waals surface area contributed by atoms with Gasteiger partial charge in [-0.1, -0.05) is 41.1 Å². The van der Waals surface area contributed by atoms with Gasteiger partial charge in [-0.05, 0) is 30.9 Å². The van der Waals surface area contributed by atoms with E-state index in [4.69, 9.17) is 4.74 Å². The molecule has 2 heteroatoms. The topological polar surface area (TPSA) is 9.23 Å². The number of hydrogen-bond acceptors (Lipinski definition) is 1. The van der Waals surface area contributed by atoms with Gasteiger partial charge in [0.25, 0.3) is 0 Å². The van der Waals surface area contributed by atoms with E-state index in [1.807, 2.05) is 19.1 Å². The van der Waals surface area contributed by atoms with Gasteiger partial charge in [-0.25, -0.2) is 0 Å². The second kappa shape index (κ2) is 6.07. The molecular formula is C12H17BrO. The van der Waals surface area contributed by atoms with Gasteiger partial charge in [0, 0.05) is 5.33 Å². The van der Waals surface area contributed by atoms with Crippen LogP contribution in [0.4, 0.5) is 0 Å². The first-order chi connectivity index (χ1) is 6.77. The molecule has 1 aromatic carbocycles. The summed E-state index contributed by atoms with van der Waals surface area (Å²) < 4.78 is 5.57. The maximum Gasteiger partial charge on any atom is 0.122 e. The van der Waals surface area contributed by atoms with Gasteiger partial charge in [-0.15, -0.1) is 0 Å². The zero-order chi connectivity index (χ0) is 10.4. The molecule has 0 amide bonds. The van der Waals surface area contributed by atoms with Crippen LogP contribution in [0.3, 0.4) is 0 Å². The molecule has 0 aliphatic rings. The van der Waals surface area contributed by atoms with Crippen LogP contribution in [-0.2, 0) is 6.42 Å². The average molecular weight is 257 g/mol. The number of rotatable bonds is 5. The van der Waals surface area contributed by atoms with Gasteiger partial charge in [0.2, 0.25) is 0 Å². The molecule has 0 fully saturated rings. The van der Waals surface area contributed by atoms with E-state index in [0.29, 0.717) is 5.92 Å². The summed E-state index contributed by atoms with van der Waals surface area (Å²) in [4.78, 5) is 0. The Morgan fingerprint density at radius 3 is 2.71 bits per heavy atom. The Morgan fingerprint density at radius 2 is 2.07 bits per heavy atom. The SMILES string of the molecule is CCOc1ccccc1CC(C)CBr. The van der Waals surface area contributed by atoms with Crippen LogP contribution in [0.2, 0.25) is 0 Å². The Bertz CT molecular complexity index is 273. The average Bonchev–Trinajstić information content (AvgIpc) is 2.21. The van der Waals surface area contributed by atoms with Gasteiger partial charge in [0.05, 0.1) is 6.61 Å². The van der Waals surface area contributed by atoms with Crippen molar-refractivity contribution in [3.05, 3.63) is 29.8 Å².